The highest BCUT2D eigenvalue weighted by Crippen LogP contribution is 2.19. The molecule has 0 saturated heterocycles. The highest BCUT2D eigenvalue weighted by molar-refractivity contribution is 6.30. The SMILES string of the molecule is Cn1ccc(CNC(=O)c2ccc(COc3cccc(Cl)c3)o2)n1. The molecule has 1 amide bonds. The number of halogens is 1. The predicted octanol–water partition coefficient (Wildman–Crippen LogP) is 3.18. The molecular weight excluding hydrogens is 330 g/mol. The molecule has 0 unspecified atom stereocenters. The van der Waals surface area contributed by atoms with Crippen molar-refractivity contribution < 1.29 is 13.9 Å². The number of benzene rings is 1. The van der Waals surface area contributed by atoms with Crippen LogP contribution in [0, 0.1) is 0 Å². The lowest BCUT2D eigenvalue weighted by Crippen LogP contribution is -2.22. The normalized spacial score (nSPS) is 10.6. The minimum absolute atomic E-state index is 0.216. The second-order valence-corrected chi connectivity index (χ2v) is 5.61. The van der Waals surface area contributed by atoms with E-state index in [9.17, 15) is 4.79 Å². The molecule has 0 aliphatic heterocycles. The first kappa shape index (κ1) is 16.1. The molecule has 2 heterocycles. The Morgan fingerprint density at radius 1 is 1.33 bits per heavy atom. The number of rotatable bonds is 6. The smallest absolute Gasteiger partial charge is 0.287 e. The van der Waals surface area contributed by atoms with E-state index in [2.05, 4.69) is 10.4 Å². The number of aryl methyl sites for hydroxylation is 1. The van der Waals surface area contributed by atoms with Crippen molar-refractivity contribution in [2.24, 2.45) is 7.05 Å². The topological polar surface area (TPSA) is 69.3 Å². The van der Waals surface area contributed by atoms with E-state index >= 15 is 0 Å². The van der Waals surface area contributed by atoms with Crippen molar-refractivity contribution in [3.63, 3.8) is 0 Å². The number of carbonyl (C=O) groups excluding carboxylic acids is 1. The van der Waals surface area contributed by atoms with Crippen molar-refractivity contribution >= 4 is 17.5 Å². The summed E-state index contributed by atoms with van der Waals surface area (Å²) < 4.78 is 12.8. The van der Waals surface area contributed by atoms with E-state index in [0.29, 0.717) is 23.1 Å². The van der Waals surface area contributed by atoms with Gasteiger partial charge in [0.1, 0.15) is 18.1 Å². The van der Waals surface area contributed by atoms with Gasteiger partial charge in [-0.2, -0.15) is 5.10 Å². The summed E-state index contributed by atoms with van der Waals surface area (Å²) >= 11 is 5.90. The van der Waals surface area contributed by atoms with Crippen molar-refractivity contribution in [1.29, 1.82) is 0 Å². The van der Waals surface area contributed by atoms with Gasteiger partial charge >= 0.3 is 0 Å². The summed E-state index contributed by atoms with van der Waals surface area (Å²) in [4.78, 5) is 12.1. The number of carbonyl (C=O) groups is 1. The lowest BCUT2D eigenvalue weighted by Gasteiger charge is -2.04. The van der Waals surface area contributed by atoms with E-state index in [1.165, 1.54) is 0 Å². The zero-order valence-electron chi connectivity index (χ0n) is 13.0. The van der Waals surface area contributed by atoms with Gasteiger partial charge in [0.25, 0.3) is 5.91 Å². The number of hydrogen-bond donors (Lipinski definition) is 1. The maximum absolute atomic E-state index is 12.1. The van der Waals surface area contributed by atoms with Crippen LogP contribution in [0.5, 0.6) is 5.75 Å². The number of nitrogens with one attached hydrogen (secondary N) is 1. The Morgan fingerprint density at radius 3 is 2.96 bits per heavy atom. The van der Waals surface area contributed by atoms with Crippen molar-refractivity contribution in [1.82, 2.24) is 15.1 Å². The summed E-state index contributed by atoms with van der Waals surface area (Å²) in [6.45, 7) is 0.558. The summed E-state index contributed by atoms with van der Waals surface area (Å²) in [6, 6.07) is 12.2. The van der Waals surface area contributed by atoms with Crippen LogP contribution in [0.25, 0.3) is 0 Å². The second-order valence-electron chi connectivity index (χ2n) is 5.18. The highest BCUT2D eigenvalue weighted by atomic mass is 35.5. The number of hydrogen-bond acceptors (Lipinski definition) is 4. The van der Waals surface area contributed by atoms with Crippen LogP contribution in [0.15, 0.2) is 53.1 Å². The fourth-order valence-electron chi connectivity index (χ4n) is 2.10. The summed E-state index contributed by atoms with van der Waals surface area (Å²) in [7, 11) is 1.82. The van der Waals surface area contributed by atoms with E-state index < -0.39 is 0 Å². The Bertz CT molecular complexity index is 841. The van der Waals surface area contributed by atoms with Gasteiger partial charge in [0, 0.05) is 18.3 Å². The van der Waals surface area contributed by atoms with Gasteiger partial charge in [0.2, 0.25) is 0 Å². The van der Waals surface area contributed by atoms with Gasteiger partial charge in [0.15, 0.2) is 5.76 Å². The third-order valence-electron chi connectivity index (χ3n) is 3.26. The summed E-state index contributed by atoms with van der Waals surface area (Å²) in [6.07, 6.45) is 1.82. The Hall–Kier alpha value is -2.73. The van der Waals surface area contributed by atoms with Crippen molar-refractivity contribution in [3.05, 3.63) is 70.9 Å². The third kappa shape index (κ3) is 4.17. The van der Waals surface area contributed by atoms with E-state index in [1.807, 2.05) is 19.3 Å². The average Bonchev–Trinajstić information content (AvgIpc) is 3.20. The van der Waals surface area contributed by atoms with Gasteiger partial charge in [-0.3, -0.25) is 9.48 Å². The first-order chi connectivity index (χ1) is 11.6. The standard InChI is InChI=1S/C17H16ClN3O3/c1-21-8-7-13(20-21)10-19-17(22)16-6-5-15(24-16)11-23-14-4-2-3-12(18)9-14/h2-9H,10-11H2,1H3,(H,19,22). The van der Waals surface area contributed by atoms with Crippen molar-refractivity contribution in [2.75, 3.05) is 0 Å². The number of nitrogens with zero attached hydrogens (tertiary/aromatic N) is 2. The molecule has 0 radical (unpaired) electrons. The fraction of sp³-hybridized carbons (Fsp3) is 0.176. The van der Waals surface area contributed by atoms with Gasteiger partial charge in [-0.15, -0.1) is 0 Å². The molecule has 0 atom stereocenters. The Kier molecular flexibility index (Phi) is 4.86. The molecule has 124 valence electrons. The molecule has 0 aliphatic rings. The molecule has 2 aromatic heterocycles. The Balaban J connectivity index is 1.53. The summed E-state index contributed by atoms with van der Waals surface area (Å²) in [5.41, 5.74) is 0.780. The van der Waals surface area contributed by atoms with Crippen LogP contribution >= 0.6 is 11.6 Å². The summed E-state index contributed by atoms with van der Waals surface area (Å²) in [5, 5.41) is 7.55. The largest absolute Gasteiger partial charge is 0.486 e. The maximum Gasteiger partial charge on any atom is 0.287 e. The molecule has 0 saturated carbocycles. The van der Waals surface area contributed by atoms with Crippen LogP contribution in [0.4, 0.5) is 0 Å². The molecule has 1 N–H and O–H groups in total. The van der Waals surface area contributed by atoms with Crippen LogP contribution in [-0.4, -0.2) is 15.7 Å². The first-order valence-corrected chi connectivity index (χ1v) is 7.72. The minimum atomic E-state index is -0.297. The lowest BCUT2D eigenvalue weighted by atomic mass is 10.3. The number of aromatic nitrogens is 2. The van der Waals surface area contributed by atoms with Crippen LogP contribution in [0.2, 0.25) is 5.02 Å². The average molecular weight is 346 g/mol. The van der Waals surface area contributed by atoms with E-state index in [1.54, 1.807) is 41.1 Å². The monoisotopic (exact) mass is 345 g/mol. The molecule has 6 nitrogen and oxygen atoms in total. The molecule has 0 aliphatic carbocycles. The van der Waals surface area contributed by atoms with Gasteiger partial charge in [0.05, 0.1) is 12.2 Å². The van der Waals surface area contributed by atoms with Gasteiger partial charge in [-0.1, -0.05) is 17.7 Å². The van der Waals surface area contributed by atoms with Crippen LogP contribution in [0.3, 0.4) is 0 Å². The molecule has 0 bridgehead atoms. The van der Waals surface area contributed by atoms with Crippen molar-refractivity contribution in [2.45, 2.75) is 13.2 Å². The van der Waals surface area contributed by atoms with Crippen LogP contribution in [-0.2, 0) is 20.2 Å². The van der Waals surface area contributed by atoms with E-state index in [4.69, 9.17) is 20.8 Å². The molecule has 3 rings (SSSR count). The Morgan fingerprint density at radius 2 is 2.21 bits per heavy atom. The van der Waals surface area contributed by atoms with Gasteiger partial charge in [-0.25, -0.2) is 0 Å². The lowest BCUT2D eigenvalue weighted by molar-refractivity contribution is 0.0918. The van der Waals surface area contributed by atoms with E-state index in [0.717, 1.165) is 5.69 Å². The van der Waals surface area contributed by atoms with E-state index in [-0.39, 0.29) is 18.3 Å². The molecule has 3 aromatic rings. The Labute approximate surface area is 144 Å². The molecular formula is C17H16ClN3O3. The van der Waals surface area contributed by atoms with Crippen LogP contribution < -0.4 is 10.1 Å². The molecule has 0 spiro atoms. The van der Waals surface area contributed by atoms with Gasteiger partial charge < -0.3 is 14.5 Å². The molecule has 0 fully saturated rings. The van der Waals surface area contributed by atoms with Crippen molar-refractivity contribution in [3.8, 4) is 5.75 Å². The zero-order valence-corrected chi connectivity index (χ0v) is 13.8. The highest BCUT2D eigenvalue weighted by Gasteiger charge is 2.12. The molecule has 7 heteroatoms. The number of amides is 1. The number of furan rings is 1. The molecule has 24 heavy (non-hydrogen) atoms. The number of ether oxygens (including phenoxy) is 1. The second kappa shape index (κ2) is 7.23. The zero-order chi connectivity index (χ0) is 16.9. The van der Waals surface area contributed by atoms with Crippen LogP contribution in [0.1, 0.15) is 22.0 Å². The fourth-order valence-corrected chi connectivity index (χ4v) is 2.28. The predicted molar refractivity (Wildman–Crippen MR) is 88.9 cm³/mol. The molecule has 1 aromatic carbocycles. The van der Waals surface area contributed by atoms with Gasteiger partial charge in [-0.05, 0) is 36.4 Å². The maximum atomic E-state index is 12.1. The third-order valence-corrected chi connectivity index (χ3v) is 3.50. The first-order valence-electron chi connectivity index (χ1n) is 7.34. The quantitative estimate of drug-likeness (QED) is 0.745. The minimum Gasteiger partial charge on any atom is -0.486 e. The summed E-state index contributed by atoms with van der Waals surface area (Å²) in [5.74, 6) is 1.13.